The van der Waals surface area contributed by atoms with Crippen molar-refractivity contribution in [3.05, 3.63) is 195 Å². The quantitative estimate of drug-likeness (QED) is 0.0779. The van der Waals surface area contributed by atoms with Gasteiger partial charge >= 0.3 is 35.0 Å². The van der Waals surface area contributed by atoms with Crippen LogP contribution in [0.4, 0.5) is 0 Å². The number of esters is 3. The normalized spacial score (nSPS) is 10.8. The molecule has 0 atom stereocenters. The molecular weight excluding hydrogens is 763 g/mol. The highest BCUT2D eigenvalue weighted by atomic mass is 16.5. The van der Waals surface area contributed by atoms with Gasteiger partial charge in [0.1, 0.15) is 17.2 Å². The van der Waals surface area contributed by atoms with Crippen molar-refractivity contribution in [3.8, 4) is 50.6 Å². The largest absolute Gasteiger partial charge is 0.426 e. The van der Waals surface area contributed by atoms with E-state index in [1.54, 1.807) is 72.8 Å². The molecule has 0 unspecified atom stereocenters. The molecule has 6 aromatic carbocycles. The van der Waals surface area contributed by atoms with Crippen molar-refractivity contribution in [1.29, 1.82) is 0 Å². The zero-order chi connectivity index (χ0) is 41.8. The second-order valence-electron chi connectivity index (χ2n) is 13.6. The Morgan fingerprint density at radius 1 is 0.317 bits per heavy atom. The Morgan fingerprint density at radius 2 is 0.533 bits per heavy atom. The molecule has 0 aliphatic carbocycles. The monoisotopic (exact) mass is 801 g/mol. The number of hydrogen-bond donors (Lipinski definition) is 0. The molecule has 0 aliphatic heterocycles. The third-order valence-electron chi connectivity index (χ3n) is 9.58. The molecule has 0 saturated heterocycles. The van der Waals surface area contributed by atoms with Gasteiger partial charge in [-0.15, -0.1) is 0 Å². The second-order valence-corrected chi connectivity index (χ2v) is 13.6. The van der Waals surface area contributed by atoms with E-state index >= 15 is 0 Å². The lowest BCUT2D eigenvalue weighted by atomic mass is 10.1. The second kappa shape index (κ2) is 19.1. The predicted octanol–water partition coefficient (Wildman–Crippen LogP) is 7.16. The fourth-order valence-corrected chi connectivity index (χ4v) is 6.45. The summed E-state index contributed by atoms with van der Waals surface area (Å²) >= 11 is 0. The van der Waals surface area contributed by atoms with Crippen molar-refractivity contribution < 1.29 is 28.6 Å². The van der Waals surface area contributed by atoms with Crippen LogP contribution in [0, 0.1) is 0 Å². The van der Waals surface area contributed by atoms with Crippen molar-refractivity contribution in [2.24, 2.45) is 0 Å². The molecule has 0 spiro atoms. The highest BCUT2D eigenvalue weighted by molar-refractivity contribution is 5.74. The first kappa shape index (κ1) is 40.3. The first-order valence-corrected chi connectivity index (χ1v) is 19.2. The van der Waals surface area contributed by atoms with Crippen LogP contribution in [0.1, 0.15) is 19.3 Å². The zero-order valence-electron chi connectivity index (χ0n) is 32.3. The van der Waals surface area contributed by atoms with Crippen molar-refractivity contribution in [3.63, 3.8) is 0 Å². The molecule has 0 N–H and O–H groups in total. The summed E-state index contributed by atoms with van der Waals surface area (Å²) in [4.78, 5) is 79.9. The van der Waals surface area contributed by atoms with Crippen LogP contribution in [-0.2, 0) is 34.0 Å². The molecular formula is C48H39N3O9. The maximum atomic E-state index is 13.7. The lowest BCUT2D eigenvalue weighted by Gasteiger charge is -2.14. The summed E-state index contributed by atoms with van der Waals surface area (Å²) in [5, 5.41) is 0. The number of ether oxygens (including phenoxy) is 3. The van der Waals surface area contributed by atoms with Crippen LogP contribution in [-0.4, -0.2) is 31.6 Å². The molecule has 300 valence electrons. The van der Waals surface area contributed by atoms with Crippen molar-refractivity contribution >= 4 is 17.9 Å². The summed E-state index contributed by atoms with van der Waals surface area (Å²) in [6.07, 6.45) is -1.22. The fraction of sp³-hybridized carbons (Fsp3) is 0.125. The molecule has 1 aromatic heterocycles. The lowest BCUT2D eigenvalue weighted by molar-refractivity contribution is -0.135. The van der Waals surface area contributed by atoms with E-state index in [-0.39, 0.29) is 17.2 Å². The molecule has 0 fully saturated rings. The van der Waals surface area contributed by atoms with E-state index in [2.05, 4.69) is 0 Å². The van der Waals surface area contributed by atoms with Gasteiger partial charge in [-0.1, -0.05) is 127 Å². The number of rotatable bonds is 15. The Balaban J connectivity index is 1.05. The van der Waals surface area contributed by atoms with Crippen molar-refractivity contribution in [2.45, 2.75) is 38.9 Å². The molecule has 0 saturated carbocycles. The molecule has 0 amide bonds. The van der Waals surface area contributed by atoms with Crippen LogP contribution in [0.15, 0.2) is 178 Å². The number of benzene rings is 6. The van der Waals surface area contributed by atoms with Crippen LogP contribution in [0.2, 0.25) is 0 Å². The predicted molar refractivity (Wildman–Crippen MR) is 226 cm³/mol. The van der Waals surface area contributed by atoms with Crippen LogP contribution in [0.25, 0.3) is 33.4 Å². The number of nitrogens with zero attached hydrogens (tertiary/aromatic N) is 3. The Labute approximate surface area is 344 Å². The SMILES string of the molecule is O=C(CCn1c(=O)n(CCC(=O)Oc2ccc(-c3ccccc3)cc2)c(=O)n(CCC(=O)Oc2ccc(-c3ccccc3)cc2)c1=O)Oc1ccc(-c2ccccc2)cc1. The van der Waals surface area contributed by atoms with Gasteiger partial charge in [-0.3, -0.25) is 14.4 Å². The number of hydrogen-bond acceptors (Lipinski definition) is 9. The topological polar surface area (TPSA) is 145 Å². The average Bonchev–Trinajstić information content (AvgIpc) is 3.28. The van der Waals surface area contributed by atoms with Crippen molar-refractivity contribution in [1.82, 2.24) is 13.7 Å². The summed E-state index contributed by atoms with van der Waals surface area (Å²) < 4.78 is 18.6. The Bertz CT molecular complexity index is 2420. The molecule has 0 aliphatic rings. The number of carbonyl (C=O) groups excluding carboxylic acids is 3. The Hall–Kier alpha value is -7.86. The average molecular weight is 802 g/mol. The maximum Gasteiger partial charge on any atom is 0.336 e. The standard InChI is InChI=1S/C48H39N3O9/c52-43(58-40-22-16-37(17-23-40)34-10-4-1-5-11-34)28-31-49-46(55)50(32-29-44(53)59-41-24-18-38(19-25-41)35-12-6-2-7-13-35)48(57)51(47(49)56)33-30-45(54)60-42-26-20-39(21-27-42)36-14-8-3-9-15-36/h1-27H,28-33H2. The smallest absolute Gasteiger partial charge is 0.336 e. The van der Waals surface area contributed by atoms with Gasteiger partial charge in [-0.25, -0.2) is 28.1 Å². The van der Waals surface area contributed by atoms with E-state index < -0.39 is 73.9 Å². The summed E-state index contributed by atoms with van der Waals surface area (Å²) in [5.74, 6) is -1.42. The minimum absolute atomic E-state index is 0.260. The molecule has 7 aromatic rings. The van der Waals surface area contributed by atoms with E-state index in [9.17, 15) is 28.8 Å². The number of carbonyl (C=O) groups is 3. The number of aromatic nitrogens is 3. The highest BCUT2D eigenvalue weighted by Crippen LogP contribution is 2.25. The summed E-state index contributed by atoms with van der Waals surface area (Å²) in [7, 11) is 0. The maximum absolute atomic E-state index is 13.7. The van der Waals surface area contributed by atoms with E-state index in [1.165, 1.54) is 0 Å². The summed E-state index contributed by atoms with van der Waals surface area (Å²) in [5.41, 5.74) is 2.58. The van der Waals surface area contributed by atoms with Gasteiger partial charge in [-0.2, -0.15) is 0 Å². The fourth-order valence-electron chi connectivity index (χ4n) is 6.45. The van der Waals surface area contributed by atoms with Gasteiger partial charge in [0, 0.05) is 19.6 Å². The van der Waals surface area contributed by atoms with Crippen LogP contribution >= 0.6 is 0 Å². The minimum atomic E-state index is -1.04. The molecule has 12 heteroatoms. The van der Waals surface area contributed by atoms with Crippen molar-refractivity contribution in [2.75, 3.05) is 0 Å². The molecule has 0 bridgehead atoms. The third kappa shape index (κ3) is 10.2. The summed E-state index contributed by atoms with van der Waals surface area (Å²) in [6.45, 7) is -1.35. The van der Waals surface area contributed by atoms with E-state index in [0.717, 1.165) is 33.4 Å². The Morgan fingerprint density at radius 3 is 0.767 bits per heavy atom. The highest BCUT2D eigenvalue weighted by Gasteiger charge is 2.20. The first-order chi connectivity index (χ1) is 29.2. The van der Waals surface area contributed by atoms with Gasteiger partial charge in [0.05, 0.1) is 19.3 Å². The molecule has 0 radical (unpaired) electrons. The van der Waals surface area contributed by atoms with E-state index in [1.807, 2.05) is 91.0 Å². The van der Waals surface area contributed by atoms with Gasteiger partial charge in [-0.05, 0) is 69.8 Å². The molecule has 1 heterocycles. The van der Waals surface area contributed by atoms with Gasteiger partial charge in [0.15, 0.2) is 0 Å². The van der Waals surface area contributed by atoms with Gasteiger partial charge < -0.3 is 14.2 Å². The van der Waals surface area contributed by atoms with E-state index in [0.29, 0.717) is 13.7 Å². The van der Waals surface area contributed by atoms with Crippen LogP contribution in [0.5, 0.6) is 17.2 Å². The molecule has 12 nitrogen and oxygen atoms in total. The van der Waals surface area contributed by atoms with Crippen LogP contribution < -0.4 is 31.3 Å². The van der Waals surface area contributed by atoms with Crippen LogP contribution in [0.3, 0.4) is 0 Å². The third-order valence-corrected chi connectivity index (χ3v) is 9.58. The minimum Gasteiger partial charge on any atom is -0.426 e. The molecule has 7 rings (SSSR count). The molecule has 60 heavy (non-hydrogen) atoms. The summed E-state index contributed by atoms with van der Waals surface area (Å²) in [6, 6.07) is 49.5. The Kier molecular flexibility index (Phi) is 12.8. The van der Waals surface area contributed by atoms with E-state index in [4.69, 9.17) is 14.2 Å². The zero-order valence-corrected chi connectivity index (χ0v) is 32.3. The first-order valence-electron chi connectivity index (χ1n) is 19.2. The van der Waals surface area contributed by atoms with Gasteiger partial charge in [0.25, 0.3) is 0 Å². The lowest BCUT2D eigenvalue weighted by Crippen LogP contribution is -2.55. The van der Waals surface area contributed by atoms with Gasteiger partial charge in [0.2, 0.25) is 0 Å².